The van der Waals surface area contributed by atoms with Crippen LogP contribution in [0.15, 0.2) is 36.4 Å². The number of rotatable bonds is 8. The van der Waals surface area contributed by atoms with Gasteiger partial charge in [-0.05, 0) is 54.8 Å². The van der Waals surface area contributed by atoms with E-state index in [2.05, 4.69) is 52.3 Å². The minimum absolute atomic E-state index is 0.0176. The fraction of sp³-hybridized carbons (Fsp3) is 0.519. The molecular formula is C27H38N4O3. The molecule has 1 atom stereocenters. The summed E-state index contributed by atoms with van der Waals surface area (Å²) in [6, 6.07) is 12.7. The summed E-state index contributed by atoms with van der Waals surface area (Å²) in [5.74, 6) is 1.33. The molecule has 1 fully saturated rings. The number of nitrogens with zero attached hydrogens (tertiary/aromatic N) is 3. The van der Waals surface area contributed by atoms with Crippen molar-refractivity contribution in [2.24, 2.45) is 0 Å². The van der Waals surface area contributed by atoms with Gasteiger partial charge in [0.2, 0.25) is 5.91 Å². The number of fused-ring (bicyclic) bond motifs is 1. The molecule has 2 aromatic carbocycles. The molecule has 2 aliphatic rings. The maximum atomic E-state index is 12.9. The molecule has 1 amide bonds. The van der Waals surface area contributed by atoms with Gasteiger partial charge in [0.1, 0.15) is 0 Å². The normalized spacial score (nSPS) is 17.7. The first-order chi connectivity index (χ1) is 16.5. The molecule has 0 spiro atoms. The Bertz CT molecular complexity index is 988. The van der Waals surface area contributed by atoms with Crippen molar-refractivity contribution in [2.45, 2.75) is 25.3 Å². The van der Waals surface area contributed by atoms with Gasteiger partial charge in [-0.3, -0.25) is 9.69 Å². The van der Waals surface area contributed by atoms with Gasteiger partial charge >= 0.3 is 0 Å². The van der Waals surface area contributed by atoms with Crippen LogP contribution < -0.4 is 19.7 Å². The second kappa shape index (κ2) is 11.1. The van der Waals surface area contributed by atoms with Crippen molar-refractivity contribution in [3.63, 3.8) is 0 Å². The first-order valence-corrected chi connectivity index (χ1v) is 12.2. The average Bonchev–Trinajstić information content (AvgIpc) is 2.85. The van der Waals surface area contributed by atoms with Crippen LogP contribution in [0.1, 0.15) is 29.2 Å². The number of likely N-dealkylation sites (N-methyl/N-ethyl adjacent to an activating group) is 1. The van der Waals surface area contributed by atoms with Gasteiger partial charge in [0, 0.05) is 52.0 Å². The SMILES string of the molecule is COc1ccc(CC(=O)NCC(c2ccc3c(c2)CCCN3C)N2CCN(C)CC2)cc1OC. The summed E-state index contributed by atoms with van der Waals surface area (Å²) in [6.45, 7) is 5.81. The molecule has 1 N–H and O–H groups in total. The van der Waals surface area contributed by atoms with Gasteiger partial charge < -0.3 is 24.6 Å². The maximum Gasteiger partial charge on any atom is 0.224 e. The summed E-state index contributed by atoms with van der Waals surface area (Å²) in [4.78, 5) is 20.1. The highest BCUT2D eigenvalue weighted by Gasteiger charge is 2.26. The lowest BCUT2D eigenvalue weighted by Crippen LogP contribution is -2.48. The lowest BCUT2D eigenvalue weighted by molar-refractivity contribution is -0.120. The number of nitrogens with one attached hydrogen (secondary N) is 1. The van der Waals surface area contributed by atoms with E-state index in [4.69, 9.17) is 9.47 Å². The van der Waals surface area contributed by atoms with Crippen molar-refractivity contribution in [1.29, 1.82) is 0 Å². The molecule has 7 nitrogen and oxygen atoms in total. The van der Waals surface area contributed by atoms with E-state index in [9.17, 15) is 4.79 Å². The van der Waals surface area contributed by atoms with Crippen LogP contribution in [0, 0.1) is 0 Å². The number of ether oxygens (including phenoxy) is 2. The van der Waals surface area contributed by atoms with Crippen LogP contribution >= 0.6 is 0 Å². The third-order valence-corrected chi connectivity index (χ3v) is 7.12. The first-order valence-electron chi connectivity index (χ1n) is 12.2. The smallest absolute Gasteiger partial charge is 0.224 e. The van der Waals surface area contributed by atoms with E-state index < -0.39 is 0 Å². The van der Waals surface area contributed by atoms with Gasteiger partial charge in [-0.1, -0.05) is 18.2 Å². The molecule has 0 aliphatic carbocycles. The molecule has 4 rings (SSSR count). The first kappa shape index (κ1) is 24.4. The minimum Gasteiger partial charge on any atom is -0.493 e. The third kappa shape index (κ3) is 5.65. The predicted molar refractivity (Wildman–Crippen MR) is 136 cm³/mol. The Morgan fingerprint density at radius 2 is 1.74 bits per heavy atom. The summed E-state index contributed by atoms with van der Waals surface area (Å²) in [7, 11) is 7.57. The molecule has 0 radical (unpaired) electrons. The highest BCUT2D eigenvalue weighted by Crippen LogP contribution is 2.31. The topological polar surface area (TPSA) is 57.3 Å². The largest absolute Gasteiger partial charge is 0.493 e. The van der Waals surface area contributed by atoms with Crippen LogP contribution in [0.25, 0.3) is 0 Å². The van der Waals surface area contributed by atoms with E-state index in [0.29, 0.717) is 24.5 Å². The highest BCUT2D eigenvalue weighted by atomic mass is 16.5. The van der Waals surface area contributed by atoms with Crippen molar-refractivity contribution < 1.29 is 14.3 Å². The van der Waals surface area contributed by atoms with Crippen molar-refractivity contribution in [3.8, 4) is 11.5 Å². The summed E-state index contributed by atoms with van der Waals surface area (Å²) in [5.41, 5.74) is 4.96. The average molecular weight is 467 g/mol. The Hall–Kier alpha value is -2.77. The number of benzene rings is 2. The minimum atomic E-state index is 0.0176. The fourth-order valence-corrected chi connectivity index (χ4v) is 5.05. The zero-order valence-electron chi connectivity index (χ0n) is 21.0. The van der Waals surface area contributed by atoms with Gasteiger partial charge in [-0.25, -0.2) is 0 Å². The lowest BCUT2D eigenvalue weighted by atomic mass is 9.95. The molecule has 7 heteroatoms. The van der Waals surface area contributed by atoms with Crippen molar-refractivity contribution >= 4 is 11.6 Å². The number of carbonyl (C=O) groups excluding carboxylic acids is 1. The Labute approximate surface area is 203 Å². The van der Waals surface area contributed by atoms with Gasteiger partial charge in [0.15, 0.2) is 11.5 Å². The molecule has 1 unspecified atom stereocenters. The van der Waals surface area contributed by atoms with E-state index in [-0.39, 0.29) is 11.9 Å². The van der Waals surface area contributed by atoms with E-state index in [0.717, 1.165) is 44.7 Å². The van der Waals surface area contributed by atoms with Crippen molar-refractivity contribution in [2.75, 3.05) is 72.5 Å². The molecule has 0 bridgehead atoms. The third-order valence-electron chi connectivity index (χ3n) is 7.12. The number of aryl methyl sites for hydroxylation is 1. The van der Waals surface area contributed by atoms with E-state index in [1.807, 2.05) is 18.2 Å². The van der Waals surface area contributed by atoms with Crippen LogP contribution in [0.2, 0.25) is 0 Å². The van der Waals surface area contributed by atoms with Crippen LogP contribution in [-0.4, -0.2) is 83.3 Å². The Morgan fingerprint density at radius 1 is 0.971 bits per heavy atom. The van der Waals surface area contributed by atoms with Gasteiger partial charge in [0.25, 0.3) is 0 Å². The molecule has 2 heterocycles. The van der Waals surface area contributed by atoms with Crippen molar-refractivity contribution in [3.05, 3.63) is 53.1 Å². The zero-order valence-corrected chi connectivity index (χ0v) is 21.0. The summed E-state index contributed by atoms with van der Waals surface area (Å²) < 4.78 is 10.7. The Morgan fingerprint density at radius 3 is 2.47 bits per heavy atom. The molecule has 34 heavy (non-hydrogen) atoms. The second-order valence-electron chi connectivity index (χ2n) is 9.44. The van der Waals surface area contributed by atoms with Gasteiger partial charge in [0.05, 0.1) is 26.7 Å². The molecule has 2 aromatic rings. The summed E-state index contributed by atoms with van der Waals surface area (Å²) >= 11 is 0. The second-order valence-corrected chi connectivity index (χ2v) is 9.44. The standard InChI is InChI=1S/C27H38N4O3/c1-29-12-14-31(15-13-29)24(22-8-9-23-21(18-22)6-5-11-30(23)2)19-28-27(32)17-20-7-10-25(33-3)26(16-20)34-4/h7-10,16,18,24H,5-6,11-15,17,19H2,1-4H3,(H,28,32). The van der Waals surface area contributed by atoms with Gasteiger partial charge in [-0.15, -0.1) is 0 Å². The number of hydrogen-bond donors (Lipinski definition) is 1. The summed E-state index contributed by atoms with van der Waals surface area (Å²) in [6.07, 6.45) is 2.62. The van der Waals surface area contributed by atoms with Gasteiger partial charge in [-0.2, -0.15) is 0 Å². The number of anilines is 1. The Kier molecular flexibility index (Phi) is 7.95. The molecular weight excluding hydrogens is 428 g/mol. The van der Waals surface area contributed by atoms with E-state index in [1.165, 1.54) is 23.2 Å². The van der Waals surface area contributed by atoms with Crippen LogP contribution in [0.5, 0.6) is 11.5 Å². The molecule has 184 valence electrons. The molecule has 0 saturated carbocycles. The van der Waals surface area contributed by atoms with Crippen LogP contribution in [0.3, 0.4) is 0 Å². The predicted octanol–water partition coefficient (Wildman–Crippen LogP) is 2.73. The van der Waals surface area contributed by atoms with Crippen LogP contribution in [-0.2, 0) is 17.6 Å². The molecule has 0 aromatic heterocycles. The lowest BCUT2D eigenvalue weighted by Gasteiger charge is -2.39. The number of amides is 1. The number of piperazine rings is 1. The van der Waals surface area contributed by atoms with E-state index in [1.54, 1.807) is 14.2 Å². The maximum absolute atomic E-state index is 12.9. The van der Waals surface area contributed by atoms with Crippen molar-refractivity contribution in [1.82, 2.24) is 15.1 Å². The molecule has 2 aliphatic heterocycles. The quantitative estimate of drug-likeness (QED) is 0.646. The number of carbonyl (C=O) groups is 1. The number of methoxy groups -OCH3 is 2. The highest BCUT2D eigenvalue weighted by molar-refractivity contribution is 5.78. The molecule has 1 saturated heterocycles. The monoisotopic (exact) mass is 466 g/mol. The zero-order chi connectivity index (χ0) is 24.1. The van der Waals surface area contributed by atoms with Crippen LogP contribution in [0.4, 0.5) is 5.69 Å². The summed E-state index contributed by atoms with van der Waals surface area (Å²) in [5, 5.41) is 3.22. The van der Waals surface area contributed by atoms with E-state index >= 15 is 0 Å². The number of hydrogen-bond acceptors (Lipinski definition) is 6. The fourth-order valence-electron chi connectivity index (χ4n) is 5.05. The Balaban J connectivity index is 1.47.